The van der Waals surface area contributed by atoms with Crippen LogP contribution in [0.15, 0.2) is 394 Å². The van der Waals surface area contributed by atoms with E-state index in [-0.39, 0.29) is 62.7 Å². The molecule has 660 valence electrons. The Morgan fingerprint density at radius 1 is 0.311 bits per heavy atom. The van der Waals surface area contributed by atoms with Gasteiger partial charge in [0.15, 0.2) is 0 Å². The van der Waals surface area contributed by atoms with Gasteiger partial charge in [-0.3, -0.25) is 0 Å². The molecule has 0 saturated carbocycles. The first kappa shape index (κ1) is 90.9. The number of rotatable bonds is 10. The average Bonchev–Trinajstić information content (AvgIpc) is 1.48. The van der Waals surface area contributed by atoms with Crippen molar-refractivity contribution < 1.29 is 49.0 Å². The predicted octanol–water partition coefficient (Wildman–Crippen LogP) is 30.9. The number of hydrogen-bond acceptors (Lipinski definition) is 6. The molecule has 0 atom stereocenters. The Morgan fingerprint density at radius 2 is 0.719 bits per heavy atom. The number of allylic oxidation sites excluding steroid dienone is 1. The van der Waals surface area contributed by atoms with Crippen molar-refractivity contribution in [3.63, 3.8) is 0 Å². The van der Waals surface area contributed by atoms with E-state index in [9.17, 15) is 8.78 Å². The first-order chi connectivity index (χ1) is 65.0. The van der Waals surface area contributed by atoms with Crippen LogP contribution in [0.5, 0.6) is 0 Å². The van der Waals surface area contributed by atoms with Crippen LogP contribution in [0.3, 0.4) is 0 Å². The fourth-order valence-electron chi connectivity index (χ4n) is 19.9. The Labute approximate surface area is 816 Å². The van der Waals surface area contributed by atoms with Gasteiger partial charge in [0.2, 0.25) is 0 Å². The molecule has 0 spiro atoms. The molecular weight excluding hydrogens is 2010 g/mol. The largest absolute Gasteiger partial charge is 0.309 e. The van der Waals surface area contributed by atoms with Crippen LogP contribution in [-0.2, 0) is 56.5 Å². The van der Waals surface area contributed by atoms with Gasteiger partial charge in [-0.05, 0) is 226 Å². The van der Waals surface area contributed by atoms with Gasteiger partial charge in [-0.1, -0.05) is 274 Å². The molecule has 135 heavy (non-hydrogen) atoms. The Bertz CT molecular complexity index is 7560. The number of aromatic nitrogens is 5. The molecule has 0 unspecified atom stereocenters. The number of halogens is 2. The number of fused-ring (bicyclic) bond motifs is 8. The third-order valence-corrected chi connectivity index (χ3v) is 26.4. The van der Waals surface area contributed by atoms with E-state index in [2.05, 4.69) is 359 Å². The molecule has 0 amide bonds. The summed E-state index contributed by atoms with van der Waals surface area (Å²) >= 11 is 0. The number of benzene rings is 15. The van der Waals surface area contributed by atoms with Crippen molar-refractivity contribution in [3.05, 3.63) is 509 Å². The zero-order valence-electron chi connectivity index (χ0n) is 76.0. The molecule has 5 aromatic heterocycles. The number of hydrogen-bond donors (Lipinski definition) is 0. The van der Waals surface area contributed by atoms with Crippen molar-refractivity contribution in [3.8, 4) is 112 Å². The van der Waals surface area contributed by atoms with E-state index in [4.69, 9.17) is 4.98 Å². The average molecular weight is 2100 g/mol. The fourth-order valence-corrected chi connectivity index (χ4v) is 19.9. The van der Waals surface area contributed by atoms with Crippen LogP contribution in [0.25, 0.3) is 144 Å². The van der Waals surface area contributed by atoms with Gasteiger partial charge < -0.3 is 29.9 Å². The minimum Gasteiger partial charge on any atom is -0.309 e. The first-order valence-corrected chi connectivity index (χ1v) is 45.2. The number of pyridine rings is 5. The SMILES string of the molecule is CC1(C)c2c([c-]ccc2F)-c2nccc3cccc1c23.CC1(C)c2c([c-]ccc2F)-c2nccc3cccc1c23.Cc1ccc(C)c(-c2cc[c-]c(-c3ccccn3)c2)c1.Cc1ccc(C)c(-c2cc[c-]c(-c3ccccn3)c2)c1.[Ir].[Ir].[c-]1ccc(-c2ccc(C3(c4ccc(-c5cc[c-]c(-c6nccc7ccccc67)c5)cc4)c4ccccc4-c4ccccc43)cc2)cc1C1=NC=CCC1. The van der Waals surface area contributed by atoms with Gasteiger partial charge in [-0.2, -0.15) is 0 Å². The van der Waals surface area contributed by atoms with E-state index >= 15 is 0 Å². The van der Waals surface area contributed by atoms with E-state index < -0.39 is 5.41 Å². The maximum atomic E-state index is 14.4. The maximum absolute atomic E-state index is 14.4. The smallest absolute Gasteiger partial charge is 0.0713 e. The third kappa shape index (κ3) is 17.5. The Kier molecular flexibility index (Phi) is 26.2. The molecule has 2 radical (unpaired) electrons. The Hall–Kier alpha value is -14.6. The van der Waals surface area contributed by atoms with Gasteiger partial charge in [0, 0.05) is 89.0 Å². The standard InChI is InChI=1S/C51H34N2.2C19H16N.2C18H13FN.2Ir/c1-2-16-44-37(11-1)30-32-53-50(44)41-15-10-13-39(34-41)36-24-28-43(29-25-36)51(47-19-5-3-17-45(47)46-18-4-6-20-48(46)51)42-26-22-35(23-27-42)38-12-9-14-40(33-38)49-21-7-8-31-52-49;2*1-14-9-10-15(2)18(12-14)16-6-5-7-17(13-16)19-8-3-4-11-20-19;2*1-18(2)13-7-3-5-11-9-10-20-17(15(11)13)12-6-4-8-14(19)16(12)18;;/h1-6,8-13,16-20,22-34H,7,21H2;2*3-6,8-13H,1-2H3;2*3-5,7-10H,1-2H3;;/q-2;4*-1;;. The minimum absolute atomic E-state index is 0. The fraction of sp³-hybridized carbons (Fsp3) is 0.104. The summed E-state index contributed by atoms with van der Waals surface area (Å²) in [6.07, 6.45) is 15.1. The summed E-state index contributed by atoms with van der Waals surface area (Å²) < 4.78 is 28.8. The number of aryl methyl sites for hydroxylation is 4. The van der Waals surface area contributed by atoms with E-state index in [1.807, 2.05) is 110 Å². The first-order valence-electron chi connectivity index (χ1n) is 45.2. The summed E-state index contributed by atoms with van der Waals surface area (Å²) in [4.78, 5) is 27.2. The van der Waals surface area contributed by atoms with Crippen LogP contribution in [0.4, 0.5) is 8.78 Å². The zero-order valence-corrected chi connectivity index (χ0v) is 80.8. The molecule has 0 saturated heterocycles. The zero-order chi connectivity index (χ0) is 90.9. The van der Waals surface area contributed by atoms with Crippen molar-refractivity contribution in [2.24, 2.45) is 4.99 Å². The second-order valence-electron chi connectivity index (χ2n) is 35.4. The molecule has 3 aliphatic carbocycles. The molecule has 0 fully saturated rings. The van der Waals surface area contributed by atoms with Crippen LogP contribution in [0.1, 0.15) is 113 Å². The predicted molar refractivity (Wildman–Crippen MR) is 541 cm³/mol. The van der Waals surface area contributed by atoms with Crippen molar-refractivity contribution in [2.45, 2.75) is 84.5 Å². The molecule has 15 aromatic carbocycles. The van der Waals surface area contributed by atoms with Crippen LogP contribution >= 0.6 is 0 Å². The molecule has 0 N–H and O–H groups in total. The van der Waals surface area contributed by atoms with Crippen molar-refractivity contribution >= 4 is 38.0 Å². The van der Waals surface area contributed by atoms with Gasteiger partial charge in [0.05, 0.1) is 5.41 Å². The second kappa shape index (κ2) is 38.9. The molecular formula is C125H92F2Ir2N6-6. The van der Waals surface area contributed by atoms with Crippen LogP contribution < -0.4 is 0 Å². The minimum atomic E-state index is -0.481. The second-order valence-corrected chi connectivity index (χ2v) is 35.4. The van der Waals surface area contributed by atoms with E-state index in [0.29, 0.717) is 11.1 Å². The number of nitrogens with zero attached hydrogens (tertiary/aromatic N) is 6. The van der Waals surface area contributed by atoms with Gasteiger partial charge in [0.25, 0.3) is 0 Å². The third-order valence-electron chi connectivity index (χ3n) is 26.4. The van der Waals surface area contributed by atoms with Crippen molar-refractivity contribution in [2.75, 3.05) is 0 Å². The summed E-state index contributed by atoms with van der Waals surface area (Å²) in [6, 6.07) is 139. The summed E-state index contributed by atoms with van der Waals surface area (Å²) in [6.45, 7) is 16.8. The maximum Gasteiger partial charge on any atom is 0.0713 e. The normalized spacial score (nSPS) is 13.1. The van der Waals surface area contributed by atoms with Gasteiger partial charge >= 0.3 is 0 Å². The topological polar surface area (TPSA) is 76.8 Å². The van der Waals surface area contributed by atoms with Crippen LogP contribution in [0, 0.1) is 75.7 Å². The van der Waals surface area contributed by atoms with Gasteiger partial charge in [0.1, 0.15) is 0 Å². The number of aliphatic imine (C=N–C) groups is 1. The Balaban J connectivity index is 0.000000123. The quantitative estimate of drug-likeness (QED) is 0.128. The monoisotopic (exact) mass is 2100 g/mol. The van der Waals surface area contributed by atoms with Crippen molar-refractivity contribution in [1.82, 2.24) is 24.9 Å². The molecule has 0 bridgehead atoms. The van der Waals surface area contributed by atoms with Gasteiger partial charge in [-0.15, -0.1) is 189 Å². The van der Waals surface area contributed by atoms with Crippen LogP contribution in [-0.4, -0.2) is 30.6 Å². The summed E-state index contributed by atoms with van der Waals surface area (Å²) in [7, 11) is 0. The molecule has 10 heteroatoms. The van der Waals surface area contributed by atoms with E-state index in [0.717, 1.165) is 130 Å². The van der Waals surface area contributed by atoms with E-state index in [1.165, 1.54) is 107 Å². The Morgan fingerprint density at radius 3 is 1.20 bits per heavy atom. The molecule has 1 aliphatic heterocycles. The van der Waals surface area contributed by atoms with Crippen molar-refractivity contribution in [1.29, 1.82) is 0 Å². The molecule has 24 rings (SSSR count). The summed E-state index contributed by atoms with van der Waals surface area (Å²) in [5, 5.41) is 6.83. The summed E-state index contributed by atoms with van der Waals surface area (Å²) in [5.41, 5.74) is 36.2. The van der Waals surface area contributed by atoms with E-state index in [1.54, 1.807) is 24.5 Å². The molecule has 4 aliphatic rings. The molecule has 20 aromatic rings. The van der Waals surface area contributed by atoms with Gasteiger partial charge in [-0.25, -0.2) is 8.78 Å². The molecule has 6 heterocycles. The summed E-state index contributed by atoms with van der Waals surface area (Å²) in [5.74, 6) is -0.367. The molecule has 6 nitrogen and oxygen atoms in total. The van der Waals surface area contributed by atoms with Crippen LogP contribution in [0.2, 0.25) is 0 Å².